The van der Waals surface area contributed by atoms with E-state index in [0.29, 0.717) is 23.5 Å². The smallest absolute Gasteiger partial charge is 0.230 e. The highest BCUT2D eigenvalue weighted by molar-refractivity contribution is 6.06. The Hall–Kier alpha value is -3.28. The Labute approximate surface area is 145 Å². The van der Waals surface area contributed by atoms with Crippen LogP contribution in [0.5, 0.6) is 11.5 Å². The summed E-state index contributed by atoms with van der Waals surface area (Å²) in [7, 11) is 0. The molecule has 0 aliphatic heterocycles. The second-order valence-electron chi connectivity index (χ2n) is 5.36. The van der Waals surface area contributed by atoms with Crippen LogP contribution >= 0.6 is 0 Å². The molecule has 126 valence electrons. The first-order valence-electron chi connectivity index (χ1n) is 7.94. The number of nitrogens with zero attached hydrogens (tertiary/aromatic N) is 3. The van der Waals surface area contributed by atoms with E-state index in [2.05, 4.69) is 15.0 Å². The predicted octanol–water partition coefficient (Wildman–Crippen LogP) is 3.26. The molecule has 0 atom stereocenters. The van der Waals surface area contributed by atoms with Crippen LogP contribution in [0.3, 0.4) is 0 Å². The molecule has 3 rings (SSSR count). The Bertz CT molecular complexity index is 882. The third kappa shape index (κ3) is 3.80. The van der Waals surface area contributed by atoms with Gasteiger partial charge in [0.25, 0.3) is 0 Å². The Morgan fingerprint density at radius 3 is 2.64 bits per heavy atom. The highest BCUT2D eigenvalue weighted by Gasteiger charge is 2.15. The maximum atomic E-state index is 12.5. The summed E-state index contributed by atoms with van der Waals surface area (Å²) < 4.78 is 5.48. The van der Waals surface area contributed by atoms with Crippen molar-refractivity contribution < 1.29 is 14.6 Å². The second kappa shape index (κ2) is 7.53. The van der Waals surface area contributed by atoms with Gasteiger partial charge < -0.3 is 9.84 Å². The van der Waals surface area contributed by atoms with Crippen molar-refractivity contribution in [2.45, 2.75) is 13.3 Å². The quantitative estimate of drug-likeness (QED) is 0.696. The zero-order valence-electron chi connectivity index (χ0n) is 13.7. The number of ketones is 1. The van der Waals surface area contributed by atoms with Gasteiger partial charge in [-0.3, -0.25) is 4.79 Å². The van der Waals surface area contributed by atoms with Crippen LogP contribution in [0.15, 0.2) is 54.9 Å². The number of phenolic OH excluding ortho intramolecular Hbond substituents is 1. The molecule has 0 saturated heterocycles. The molecule has 0 unspecified atom stereocenters. The van der Waals surface area contributed by atoms with Crippen LogP contribution in [0, 0.1) is 0 Å². The van der Waals surface area contributed by atoms with Crippen molar-refractivity contribution in [2.24, 2.45) is 0 Å². The summed E-state index contributed by atoms with van der Waals surface area (Å²) in [4.78, 5) is 24.7. The van der Waals surface area contributed by atoms with Gasteiger partial charge in [0, 0.05) is 11.6 Å². The molecule has 0 bridgehead atoms. The summed E-state index contributed by atoms with van der Waals surface area (Å²) in [6.07, 6.45) is 2.14. The summed E-state index contributed by atoms with van der Waals surface area (Å²) in [6.45, 7) is 2.57. The fraction of sp³-hybridized carbons (Fsp3) is 0.158. The van der Waals surface area contributed by atoms with Gasteiger partial charge in [-0.25, -0.2) is 15.0 Å². The summed E-state index contributed by atoms with van der Waals surface area (Å²) in [6, 6.07) is 13.7. The summed E-state index contributed by atoms with van der Waals surface area (Å²) in [5, 5.41) is 10.2. The molecule has 0 aliphatic carbocycles. The molecule has 1 heterocycles. The minimum atomic E-state index is -0.299. The number of aromatic nitrogens is 3. The van der Waals surface area contributed by atoms with E-state index in [1.165, 1.54) is 12.4 Å². The molecule has 6 heteroatoms. The van der Waals surface area contributed by atoms with Crippen LogP contribution in [0.25, 0.3) is 11.4 Å². The largest absolute Gasteiger partial charge is 0.507 e. The molecule has 0 amide bonds. The number of phenols is 1. The third-order valence-electron chi connectivity index (χ3n) is 3.49. The third-order valence-corrected chi connectivity index (χ3v) is 3.49. The topological polar surface area (TPSA) is 85.2 Å². The monoisotopic (exact) mass is 335 g/mol. The number of hydrogen-bond acceptors (Lipinski definition) is 6. The van der Waals surface area contributed by atoms with E-state index >= 15 is 0 Å². The van der Waals surface area contributed by atoms with Gasteiger partial charge >= 0.3 is 0 Å². The van der Waals surface area contributed by atoms with Crippen LogP contribution < -0.4 is 4.74 Å². The minimum absolute atomic E-state index is 0.0158. The summed E-state index contributed by atoms with van der Waals surface area (Å²) >= 11 is 0. The lowest BCUT2D eigenvalue weighted by Crippen LogP contribution is -2.08. The number of carbonyl (C=O) groups excluding carboxylic acids is 1. The first kappa shape index (κ1) is 16.6. The Morgan fingerprint density at radius 1 is 1.12 bits per heavy atom. The molecule has 6 nitrogen and oxygen atoms in total. The fourth-order valence-electron chi connectivity index (χ4n) is 2.26. The molecule has 0 radical (unpaired) electrons. The molecule has 25 heavy (non-hydrogen) atoms. The molecular formula is C19H17N3O3. The van der Waals surface area contributed by atoms with Gasteiger partial charge in [0.05, 0.1) is 12.2 Å². The van der Waals surface area contributed by atoms with Crippen molar-refractivity contribution in [1.29, 1.82) is 0 Å². The number of aromatic hydroxyl groups is 1. The molecule has 1 N–H and O–H groups in total. The lowest BCUT2D eigenvalue weighted by Gasteiger charge is -2.08. The lowest BCUT2D eigenvalue weighted by molar-refractivity contribution is 0.102. The molecule has 2 aromatic carbocycles. The van der Waals surface area contributed by atoms with E-state index in [1.807, 2.05) is 13.0 Å². The number of hydrogen-bond donors (Lipinski definition) is 1. The SMILES string of the molecule is CCCOc1ccc(-c2ncnc(C(=O)c3ccccc3)n2)c(O)c1. The zero-order chi connectivity index (χ0) is 17.6. The fourth-order valence-corrected chi connectivity index (χ4v) is 2.26. The van der Waals surface area contributed by atoms with E-state index < -0.39 is 0 Å². The zero-order valence-corrected chi connectivity index (χ0v) is 13.7. The number of ether oxygens (including phenoxy) is 1. The van der Waals surface area contributed by atoms with Gasteiger partial charge in [-0.2, -0.15) is 0 Å². The van der Waals surface area contributed by atoms with Crippen LogP contribution in [0.1, 0.15) is 29.5 Å². The highest BCUT2D eigenvalue weighted by atomic mass is 16.5. The number of rotatable bonds is 6. The van der Waals surface area contributed by atoms with Crippen LogP contribution in [-0.2, 0) is 0 Å². The highest BCUT2D eigenvalue weighted by Crippen LogP contribution is 2.30. The molecule has 0 saturated carbocycles. The van der Waals surface area contributed by atoms with E-state index in [-0.39, 0.29) is 23.2 Å². The van der Waals surface area contributed by atoms with Crippen molar-refractivity contribution in [3.63, 3.8) is 0 Å². The average Bonchev–Trinajstić information content (AvgIpc) is 2.66. The first-order chi connectivity index (χ1) is 12.2. The standard InChI is InChI=1S/C19H17N3O3/c1-2-10-25-14-8-9-15(16(23)11-14)18-20-12-21-19(22-18)17(24)13-6-4-3-5-7-13/h3-9,11-12,23H,2,10H2,1H3. The van der Waals surface area contributed by atoms with Crippen molar-refractivity contribution in [1.82, 2.24) is 15.0 Å². The van der Waals surface area contributed by atoms with Gasteiger partial charge in [0.1, 0.15) is 17.8 Å². The van der Waals surface area contributed by atoms with E-state index in [0.717, 1.165) is 6.42 Å². The minimum Gasteiger partial charge on any atom is -0.507 e. The van der Waals surface area contributed by atoms with E-state index in [1.54, 1.807) is 36.4 Å². The second-order valence-corrected chi connectivity index (χ2v) is 5.36. The van der Waals surface area contributed by atoms with E-state index in [9.17, 15) is 9.90 Å². The van der Waals surface area contributed by atoms with Gasteiger partial charge in [-0.05, 0) is 18.6 Å². The van der Waals surface area contributed by atoms with Crippen molar-refractivity contribution in [2.75, 3.05) is 6.61 Å². The molecular weight excluding hydrogens is 318 g/mol. The lowest BCUT2D eigenvalue weighted by atomic mass is 10.1. The first-order valence-corrected chi connectivity index (χ1v) is 7.94. The van der Waals surface area contributed by atoms with Crippen LogP contribution in [-0.4, -0.2) is 32.4 Å². The maximum absolute atomic E-state index is 12.5. The van der Waals surface area contributed by atoms with Gasteiger partial charge in [0.15, 0.2) is 5.82 Å². The Morgan fingerprint density at radius 2 is 1.92 bits per heavy atom. The number of carbonyl (C=O) groups is 1. The normalized spacial score (nSPS) is 10.4. The molecule has 3 aromatic rings. The predicted molar refractivity (Wildman–Crippen MR) is 92.6 cm³/mol. The van der Waals surface area contributed by atoms with Crippen molar-refractivity contribution in [3.8, 4) is 22.9 Å². The Kier molecular flexibility index (Phi) is 4.99. The molecule has 0 aliphatic rings. The van der Waals surface area contributed by atoms with Crippen LogP contribution in [0.2, 0.25) is 0 Å². The molecule has 0 fully saturated rings. The van der Waals surface area contributed by atoms with Gasteiger partial charge in [-0.15, -0.1) is 0 Å². The summed E-state index contributed by atoms with van der Waals surface area (Å²) in [5.41, 5.74) is 0.903. The molecule has 1 aromatic heterocycles. The van der Waals surface area contributed by atoms with Gasteiger partial charge in [-0.1, -0.05) is 37.3 Å². The number of benzene rings is 2. The Balaban J connectivity index is 1.90. The maximum Gasteiger partial charge on any atom is 0.230 e. The van der Waals surface area contributed by atoms with Crippen LogP contribution in [0.4, 0.5) is 0 Å². The molecule has 0 spiro atoms. The summed E-state index contributed by atoms with van der Waals surface area (Å²) in [5.74, 6) is 0.512. The van der Waals surface area contributed by atoms with Gasteiger partial charge in [0.2, 0.25) is 11.6 Å². The van der Waals surface area contributed by atoms with E-state index in [4.69, 9.17) is 4.74 Å². The van der Waals surface area contributed by atoms with Crippen molar-refractivity contribution in [3.05, 3.63) is 66.2 Å². The average molecular weight is 335 g/mol. The van der Waals surface area contributed by atoms with Crippen molar-refractivity contribution >= 4 is 5.78 Å².